The van der Waals surface area contributed by atoms with Crippen LogP contribution >= 0.6 is 0 Å². The minimum absolute atomic E-state index is 0.705. The van der Waals surface area contributed by atoms with Gasteiger partial charge in [0.05, 0.1) is 25.5 Å². The fourth-order valence-electron chi connectivity index (χ4n) is 4.02. The van der Waals surface area contributed by atoms with E-state index >= 15 is 0 Å². The number of aliphatic imine (C=N–C) groups is 1. The highest BCUT2D eigenvalue weighted by Gasteiger charge is 2.20. The van der Waals surface area contributed by atoms with E-state index in [1.165, 1.54) is 11.1 Å². The van der Waals surface area contributed by atoms with Crippen LogP contribution in [0, 0.1) is 0 Å². The molecule has 0 N–H and O–H groups in total. The van der Waals surface area contributed by atoms with Crippen molar-refractivity contribution in [2.45, 2.75) is 26.3 Å². The zero-order valence-electron chi connectivity index (χ0n) is 17.2. The van der Waals surface area contributed by atoms with Crippen LogP contribution in [0.1, 0.15) is 35.6 Å². The summed E-state index contributed by atoms with van der Waals surface area (Å²) in [5.41, 5.74) is 6.72. The van der Waals surface area contributed by atoms with Gasteiger partial charge in [-0.1, -0.05) is 25.5 Å². The molecule has 0 aliphatic carbocycles. The molecule has 0 unspecified atom stereocenters. The summed E-state index contributed by atoms with van der Waals surface area (Å²) in [6, 6.07) is 10.6. The quantitative estimate of drug-likeness (QED) is 0.655. The van der Waals surface area contributed by atoms with E-state index in [4.69, 9.17) is 9.73 Å². The van der Waals surface area contributed by atoms with Crippen molar-refractivity contribution in [3.05, 3.63) is 71.2 Å². The third-order valence-electron chi connectivity index (χ3n) is 5.63. The van der Waals surface area contributed by atoms with Crippen molar-refractivity contribution in [2.24, 2.45) is 4.99 Å². The molecule has 4 heterocycles. The number of morpholine rings is 1. The van der Waals surface area contributed by atoms with E-state index < -0.39 is 0 Å². The molecular weight excluding hydrogens is 374 g/mol. The second-order valence-electron chi connectivity index (χ2n) is 7.70. The highest BCUT2D eigenvalue weighted by Crippen LogP contribution is 2.28. The lowest BCUT2D eigenvalue weighted by atomic mass is 9.98. The van der Waals surface area contributed by atoms with Crippen LogP contribution in [0.4, 0.5) is 5.82 Å². The van der Waals surface area contributed by atoms with Crippen molar-refractivity contribution >= 4 is 11.5 Å². The third-order valence-corrected chi connectivity index (χ3v) is 5.63. The molecule has 0 saturated carbocycles. The molecule has 1 fully saturated rings. The zero-order chi connectivity index (χ0) is 20.3. The van der Waals surface area contributed by atoms with Crippen molar-refractivity contribution in [1.82, 2.24) is 15.0 Å². The summed E-state index contributed by atoms with van der Waals surface area (Å²) in [6.45, 7) is 6.10. The second-order valence-corrected chi connectivity index (χ2v) is 7.70. The van der Waals surface area contributed by atoms with E-state index in [1.807, 2.05) is 24.7 Å². The Bertz CT molecular complexity index is 1070. The topological polar surface area (TPSA) is 63.5 Å². The Morgan fingerprint density at radius 2 is 1.80 bits per heavy atom. The number of aryl methyl sites for hydroxylation is 1. The Morgan fingerprint density at radius 3 is 2.60 bits per heavy atom. The third kappa shape index (κ3) is 3.71. The molecule has 0 radical (unpaired) electrons. The predicted octanol–water partition coefficient (Wildman–Crippen LogP) is 3.68. The highest BCUT2D eigenvalue weighted by atomic mass is 16.5. The first kappa shape index (κ1) is 18.9. The van der Waals surface area contributed by atoms with Gasteiger partial charge < -0.3 is 9.64 Å². The summed E-state index contributed by atoms with van der Waals surface area (Å²) in [5, 5.41) is 0. The minimum atomic E-state index is 0.705. The van der Waals surface area contributed by atoms with Gasteiger partial charge in [0, 0.05) is 48.4 Å². The van der Waals surface area contributed by atoms with Crippen molar-refractivity contribution in [2.75, 3.05) is 31.2 Å². The maximum Gasteiger partial charge on any atom is 0.159 e. The molecule has 0 amide bonds. The maximum atomic E-state index is 5.47. The van der Waals surface area contributed by atoms with E-state index in [0.717, 1.165) is 73.2 Å². The monoisotopic (exact) mass is 399 g/mol. The van der Waals surface area contributed by atoms with Gasteiger partial charge in [-0.3, -0.25) is 4.99 Å². The van der Waals surface area contributed by atoms with E-state index in [0.29, 0.717) is 6.54 Å². The van der Waals surface area contributed by atoms with E-state index in [-0.39, 0.29) is 0 Å². The Kier molecular flexibility index (Phi) is 5.24. The van der Waals surface area contributed by atoms with Crippen molar-refractivity contribution in [3.63, 3.8) is 0 Å². The second kappa shape index (κ2) is 8.32. The molecule has 2 aromatic heterocycles. The first-order valence-corrected chi connectivity index (χ1v) is 10.6. The van der Waals surface area contributed by atoms with Gasteiger partial charge in [-0.25, -0.2) is 15.0 Å². The van der Waals surface area contributed by atoms with E-state index in [2.05, 4.69) is 51.0 Å². The first-order chi connectivity index (χ1) is 14.8. The Hall–Kier alpha value is -3.12. The summed E-state index contributed by atoms with van der Waals surface area (Å²) >= 11 is 0. The van der Waals surface area contributed by atoms with Crippen LogP contribution in [0.2, 0.25) is 0 Å². The number of aromatic nitrogens is 3. The molecule has 2 aliphatic rings. The van der Waals surface area contributed by atoms with Gasteiger partial charge in [0.2, 0.25) is 0 Å². The van der Waals surface area contributed by atoms with E-state index in [9.17, 15) is 0 Å². The van der Waals surface area contributed by atoms with Crippen LogP contribution < -0.4 is 4.90 Å². The molecule has 152 valence electrons. The molecule has 5 rings (SSSR count). The van der Waals surface area contributed by atoms with Crippen molar-refractivity contribution in [1.29, 1.82) is 0 Å². The average Bonchev–Trinajstić information content (AvgIpc) is 3.24. The number of rotatable bonds is 5. The summed E-state index contributed by atoms with van der Waals surface area (Å²) < 4.78 is 5.47. The smallest absolute Gasteiger partial charge is 0.159 e. The largest absolute Gasteiger partial charge is 0.378 e. The molecule has 3 aromatic rings. The van der Waals surface area contributed by atoms with Gasteiger partial charge in [0.15, 0.2) is 5.82 Å². The molecule has 0 bridgehead atoms. The number of nitrogens with zero attached hydrogens (tertiary/aromatic N) is 5. The van der Waals surface area contributed by atoms with Gasteiger partial charge in [0.25, 0.3) is 0 Å². The predicted molar refractivity (Wildman–Crippen MR) is 118 cm³/mol. The standard InChI is InChI=1S/C24H25N5O/c1-2-3-17-14-27-24(28-15-17)19-4-5-20-16-26-23(21(20)12-19)18-6-7-25-22(13-18)29-8-10-30-11-9-29/h4-7,12-15H,2-3,8-11,16H2,1H3. The molecule has 2 aliphatic heterocycles. The van der Waals surface area contributed by atoms with Crippen molar-refractivity contribution in [3.8, 4) is 11.4 Å². The molecule has 1 aromatic carbocycles. The van der Waals surface area contributed by atoms with Gasteiger partial charge in [-0.05, 0) is 35.7 Å². The fraction of sp³-hybridized carbons (Fsp3) is 0.333. The van der Waals surface area contributed by atoms with Gasteiger partial charge in [-0.2, -0.15) is 0 Å². The number of pyridine rings is 1. The minimum Gasteiger partial charge on any atom is -0.378 e. The number of ether oxygens (including phenoxy) is 1. The zero-order valence-corrected chi connectivity index (χ0v) is 17.2. The number of fused-ring (bicyclic) bond motifs is 1. The molecule has 30 heavy (non-hydrogen) atoms. The number of hydrogen-bond acceptors (Lipinski definition) is 6. The van der Waals surface area contributed by atoms with E-state index in [1.54, 1.807) is 0 Å². The number of benzene rings is 1. The fourth-order valence-corrected chi connectivity index (χ4v) is 4.02. The first-order valence-electron chi connectivity index (χ1n) is 10.6. The van der Waals surface area contributed by atoms with Crippen LogP contribution in [0.5, 0.6) is 0 Å². The van der Waals surface area contributed by atoms with Crippen LogP contribution in [-0.4, -0.2) is 47.0 Å². The Balaban J connectivity index is 1.44. The molecule has 0 spiro atoms. The Labute approximate surface area is 176 Å². The lowest BCUT2D eigenvalue weighted by molar-refractivity contribution is 0.122. The van der Waals surface area contributed by atoms with Crippen LogP contribution in [0.25, 0.3) is 11.4 Å². The molecule has 6 nitrogen and oxygen atoms in total. The van der Waals surface area contributed by atoms with Crippen molar-refractivity contribution < 1.29 is 4.74 Å². The normalized spacial score (nSPS) is 15.8. The molecule has 1 saturated heterocycles. The lowest BCUT2D eigenvalue weighted by Gasteiger charge is -2.28. The van der Waals surface area contributed by atoms with Gasteiger partial charge >= 0.3 is 0 Å². The highest BCUT2D eigenvalue weighted by molar-refractivity contribution is 6.15. The van der Waals surface area contributed by atoms with Crippen LogP contribution in [0.15, 0.2) is 53.9 Å². The lowest BCUT2D eigenvalue weighted by Crippen LogP contribution is -2.36. The molecule has 6 heteroatoms. The van der Waals surface area contributed by atoms with Gasteiger partial charge in [-0.15, -0.1) is 0 Å². The molecule has 0 atom stereocenters. The summed E-state index contributed by atoms with van der Waals surface area (Å²) in [5.74, 6) is 1.74. The summed E-state index contributed by atoms with van der Waals surface area (Å²) in [6.07, 6.45) is 7.85. The Morgan fingerprint density at radius 1 is 0.967 bits per heavy atom. The SMILES string of the molecule is CCCc1cnc(-c2ccc3c(c2)C(c2ccnc(N4CCOCC4)c2)=NC3)nc1. The number of hydrogen-bond donors (Lipinski definition) is 0. The average molecular weight is 399 g/mol. The van der Waals surface area contributed by atoms with Gasteiger partial charge in [0.1, 0.15) is 5.82 Å². The number of anilines is 1. The summed E-state index contributed by atoms with van der Waals surface area (Å²) in [4.78, 5) is 20.9. The van der Waals surface area contributed by atoms with Crippen LogP contribution in [0.3, 0.4) is 0 Å². The summed E-state index contributed by atoms with van der Waals surface area (Å²) in [7, 11) is 0. The maximum absolute atomic E-state index is 5.47. The van der Waals surface area contributed by atoms with Crippen LogP contribution in [-0.2, 0) is 17.7 Å². The molecular formula is C24H25N5O.